The molecule has 0 fully saturated rings. The number of likely N-dealkylation sites (N-methyl/N-ethyl adjacent to an activating group) is 1. The van der Waals surface area contributed by atoms with Crippen LogP contribution >= 0.6 is 7.82 Å². The molecule has 62 heavy (non-hydrogen) atoms. The van der Waals surface area contributed by atoms with Crippen molar-refractivity contribution in [1.82, 2.24) is 5.32 Å². The second-order valence-electron chi connectivity index (χ2n) is 18.5. The highest BCUT2D eigenvalue weighted by Gasteiger charge is 2.27. The third-order valence-electron chi connectivity index (χ3n) is 11.2. The average Bonchev–Trinajstić information content (AvgIpc) is 3.23. The summed E-state index contributed by atoms with van der Waals surface area (Å²) in [5.41, 5.74) is 0. The quantitative estimate of drug-likeness (QED) is 0.0243. The van der Waals surface area contributed by atoms with E-state index in [0.717, 1.165) is 64.2 Å². The van der Waals surface area contributed by atoms with E-state index in [0.29, 0.717) is 17.4 Å². The SMILES string of the molecule is CC/C=C\C/C=C\C/C=C\C/C=C\CCCCCCCCCCCCC(=O)NC(COP(=O)(O)OCC[N+](C)(C)C)C(O)/C=C/CCCCCCCCCCCCCCCCC. The Hall–Kier alpha value is -1.80. The monoisotopic (exact) mass is 892 g/mol. The number of phosphoric acid groups is 1. The van der Waals surface area contributed by atoms with Gasteiger partial charge in [0.25, 0.3) is 0 Å². The predicted octanol–water partition coefficient (Wildman–Crippen LogP) is 15.0. The molecule has 3 unspecified atom stereocenters. The topological polar surface area (TPSA) is 105 Å². The Kier molecular flexibility index (Phi) is 43.1. The fraction of sp³-hybridized carbons (Fsp3) is 0.792. The van der Waals surface area contributed by atoms with Crippen LogP contribution in [-0.2, 0) is 18.4 Å². The van der Waals surface area contributed by atoms with Crippen molar-refractivity contribution in [2.75, 3.05) is 40.9 Å². The maximum absolute atomic E-state index is 12.9. The van der Waals surface area contributed by atoms with Gasteiger partial charge in [0.2, 0.25) is 5.91 Å². The van der Waals surface area contributed by atoms with Crippen LogP contribution in [0.1, 0.15) is 219 Å². The molecule has 0 aliphatic carbocycles. The maximum Gasteiger partial charge on any atom is 0.472 e. The zero-order valence-electron chi connectivity index (χ0n) is 41.1. The lowest BCUT2D eigenvalue weighted by Gasteiger charge is -2.25. The number of amides is 1. The third kappa shape index (κ3) is 46.2. The van der Waals surface area contributed by atoms with Gasteiger partial charge in [-0.15, -0.1) is 0 Å². The number of allylic oxidation sites excluding steroid dienone is 9. The molecule has 0 aromatic carbocycles. The molecule has 3 N–H and O–H groups in total. The van der Waals surface area contributed by atoms with E-state index in [1.54, 1.807) is 6.08 Å². The molecular weight excluding hydrogens is 792 g/mol. The Morgan fingerprint density at radius 1 is 0.565 bits per heavy atom. The molecule has 362 valence electrons. The first-order valence-electron chi connectivity index (χ1n) is 25.7. The van der Waals surface area contributed by atoms with Crippen molar-refractivity contribution in [1.29, 1.82) is 0 Å². The van der Waals surface area contributed by atoms with E-state index in [1.807, 2.05) is 27.2 Å². The fourth-order valence-corrected chi connectivity index (χ4v) is 7.95. The number of aliphatic hydroxyl groups excluding tert-OH is 1. The van der Waals surface area contributed by atoms with Gasteiger partial charge in [0.15, 0.2) is 0 Å². The van der Waals surface area contributed by atoms with Gasteiger partial charge in [-0.2, -0.15) is 0 Å². The summed E-state index contributed by atoms with van der Waals surface area (Å²) in [5.74, 6) is -0.183. The van der Waals surface area contributed by atoms with E-state index in [2.05, 4.69) is 67.8 Å². The third-order valence-corrected chi connectivity index (χ3v) is 12.2. The molecule has 0 heterocycles. The first-order chi connectivity index (χ1) is 30.0. The second kappa shape index (κ2) is 44.4. The van der Waals surface area contributed by atoms with Crippen molar-refractivity contribution < 1.29 is 32.9 Å². The number of nitrogens with one attached hydrogen (secondary N) is 1. The van der Waals surface area contributed by atoms with Crippen LogP contribution in [-0.4, -0.2) is 73.4 Å². The number of unbranched alkanes of at least 4 members (excludes halogenated alkanes) is 25. The zero-order chi connectivity index (χ0) is 45.7. The standard InChI is InChI=1S/C53H99N2O6P/c1-6-8-10-12-14-16-18-20-22-24-25-26-27-28-29-31-33-35-37-39-41-43-45-47-53(57)54-51(50-61-62(58,59)60-49-48-55(3,4)5)52(56)46-44-42-40-38-36-34-32-30-23-21-19-17-15-13-11-9-7-2/h8,10,14,16,20,22,25-26,44,46,51-52,56H,6-7,9,11-13,15,17-19,21,23-24,27-43,45,47-50H2,1-5H3,(H-,54,57,58,59)/p+1/b10-8-,16-14-,22-20-,26-25-,46-44+. The van der Waals surface area contributed by atoms with Gasteiger partial charge in [-0.25, -0.2) is 4.57 Å². The van der Waals surface area contributed by atoms with Gasteiger partial charge in [0.1, 0.15) is 13.2 Å². The van der Waals surface area contributed by atoms with Gasteiger partial charge in [0.05, 0.1) is 39.9 Å². The molecule has 0 saturated carbocycles. The number of carbonyl (C=O) groups excluding carboxylic acids is 1. The molecule has 0 saturated heterocycles. The van der Waals surface area contributed by atoms with Crippen molar-refractivity contribution >= 4 is 13.7 Å². The van der Waals surface area contributed by atoms with Crippen LogP contribution in [0.25, 0.3) is 0 Å². The number of phosphoric ester groups is 1. The Morgan fingerprint density at radius 3 is 1.42 bits per heavy atom. The van der Waals surface area contributed by atoms with Crippen molar-refractivity contribution in [3.63, 3.8) is 0 Å². The van der Waals surface area contributed by atoms with E-state index >= 15 is 0 Å². The van der Waals surface area contributed by atoms with E-state index in [-0.39, 0.29) is 19.1 Å². The number of hydrogen-bond donors (Lipinski definition) is 3. The summed E-state index contributed by atoms with van der Waals surface area (Å²) in [6.45, 7) is 4.71. The van der Waals surface area contributed by atoms with E-state index in [1.165, 1.54) is 135 Å². The first-order valence-corrected chi connectivity index (χ1v) is 27.2. The van der Waals surface area contributed by atoms with Crippen molar-refractivity contribution in [3.05, 3.63) is 60.8 Å². The molecule has 0 radical (unpaired) electrons. The lowest BCUT2D eigenvalue weighted by molar-refractivity contribution is -0.870. The van der Waals surface area contributed by atoms with Crippen LogP contribution < -0.4 is 5.32 Å². The molecule has 3 atom stereocenters. The van der Waals surface area contributed by atoms with Gasteiger partial charge in [-0.05, 0) is 57.8 Å². The largest absolute Gasteiger partial charge is 0.472 e. The molecule has 1 amide bonds. The summed E-state index contributed by atoms with van der Waals surface area (Å²) in [6.07, 6.45) is 58.6. The van der Waals surface area contributed by atoms with Crippen LogP contribution in [0.5, 0.6) is 0 Å². The lowest BCUT2D eigenvalue weighted by atomic mass is 10.0. The van der Waals surface area contributed by atoms with Crippen molar-refractivity contribution in [2.45, 2.75) is 231 Å². The molecule has 0 aromatic heterocycles. The maximum atomic E-state index is 12.9. The van der Waals surface area contributed by atoms with E-state index in [9.17, 15) is 19.4 Å². The molecule has 9 heteroatoms. The molecule has 0 aromatic rings. The number of nitrogens with zero attached hydrogens (tertiary/aromatic N) is 1. The van der Waals surface area contributed by atoms with Crippen molar-refractivity contribution in [3.8, 4) is 0 Å². The minimum absolute atomic E-state index is 0.0588. The number of hydrogen-bond acceptors (Lipinski definition) is 5. The summed E-state index contributed by atoms with van der Waals surface area (Å²) in [7, 11) is 1.57. The predicted molar refractivity (Wildman–Crippen MR) is 267 cm³/mol. The van der Waals surface area contributed by atoms with Crippen LogP contribution in [0.4, 0.5) is 0 Å². The van der Waals surface area contributed by atoms with Gasteiger partial charge in [0, 0.05) is 6.42 Å². The normalized spacial score (nSPS) is 14.6. The van der Waals surface area contributed by atoms with Gasteiger partial charge in [-0.3, -0.25) is 13.8 Å². The molecule has 0 aliphatic rings. The van der Waals surface area contributed by atoms with Crippen LogP contribution in [0.15, 0.2) is 60.8 Å². The Bertz CT molecular complexity index is 1190. The number of carbonyl (C=O) groups is 1. The van der Waals surface area contributed by atoms with Gasteiger partial charge < -0.3 is 19.8 Å². The van der Waals surface area contributed by atoms with Crippen LogP contribution in [0.2, 0.25) is 0 Å². The van der Waals surface area contributed by atoms with E-state index < -0.39 is 20.0 Å². The highest BCUT2D eigenvalue weighted by Crippen LogP contribution is 2.43. The van der Waals surface area contributed by atoms with Gasteiger partial charge in [-0.1, -0.05) is 216 Å². The Balaban J connectivity index is 4.31. The Morgan fingerprint density at radius 2 is 0.968 bits per heavy atom. The number of quaternary nitrogens is 1. The second-order valence-corrected chi connectivity index (χ2v) is 20.0. The average molecular weight is 892 g/mol. The molecule has 0 aliphatic heterocycles. The van der Waals surface area contributed by atoms with Gasteiger partial charge >= 0.3 is 7.82 Å². The Labute approximate surface area is 383 Å². The van der Waals surface area contributed by atoms with Crippen molar-refractivity contribution in [2.24, 2.45) is 0 Å². The van der Waals surface area contributed by atoms with Crippen LogP contribution in [0.3, 0.4) is 0 Å². The first kappa shape index (κ1) is 60.2. The summed E-state index contributed by atoms with van der Waals surface area (Å²) in [5, 5.41) is 13.9. The molecular formula is C53H100N2O6P+. The minimum atomic E-state index is -4.35. The summed E-state index contributed by atoms with van der Waals surface area (Å²) < 4.78 is 23.6. The zero-order valence-corrected chi connectivity index (χ0v) is 42.0. The smallest absolute Gasteiger partial charge is 0.387 e. The summed E-state index contributed by atoms with van der Waals surface area (Å²) >= 11 is 0. The highest BCUT2D eigenvalue weighted by atomic mass is 31.2. The number of aliphatic hydroxyl groups is 1. The number of rotatable bonds is 46. The summed E-state index contributed by atoms with van der Waals surface area (Å²) in [6, 6.07) is -0.851. The molecule has 0 bridgehead atoms. The lowest BCUT2D eigenvalue weighted by Crippen LogP contribution is -2.45. The minimum Gasteiger partial charge on any atom is -0.387 e. The summed E-state index contributed by atoms with van der Waals surface area (Å²) in [4.78, 5) is 23.2. The van der Waals surface area contributed by atoms with Crippen LogP contribution in [0, 0.1) is 0 Å². The molecule has 0 rings (SSSR count). The molecule has 0 spiro atoms. The molecule has 8 nitrogen and oxygen atoms in total. The highest BCUT2D eigenvalue weighted by molar-refractivity contribution is 7.47. The van der Waals surface area contributed by atoms with E-state index in [4.69, 9.17) is 9.05 Å². The fourth-order valence-electron chi connectivity index (χ4n) is 7.21.